The van der Waals surface area contributed by atoms with Crippen LogP contribution in [0.5, 0.6) is 11.6 Å². The van der Waals surface area contributed by atoms with Crippen LogP contribution in [0, 0.1) is 11.6 Å². The van der Waals surface area contributed by atoms with E-state index in [1.165, 1.54) is 12.1 Å². The number of pyridine rings is 1. The SMILES string of the molecule is O=C(O)c1ccnc(Oc2cc(F)cc(Br)c2)c1F. The fraction of sp³-hybridized carbons (Fsp3) is 0. The van der Waals surface area contributed by atoms with Gasteiger partial charge in [-0.1, -0.05) is 15.9 Å². The maximum atomic E-state index is 13.7. The fourth-order valence-electron chi connectivity index (χ4n) is 1.36. The van der Waals surface area contributed by atoms with Gasteiger partial charge >= 0.3 is 5.97 Å². The van der Waals surface area contributed by atoms with E-state index in [-0.39, 0.29) is 5.75 Å². The third kappa shape index (κ3) is 3.05. The van der Waals surface area contributed by atoms with Gasteiger partial charge in [0.2, 0.25) is 0 Å². The molecule has 2 rings (SSSR count). The number of carboxylic acids is 1. The van der Waals surface area contributed by atoms with Gasteiger partial charge < -0.3 is 9.84 Å². The lowest BCUT2D eigenvalue weighted by Crippen LogP contribution is -2.03. The fourth-order valence-corrected chi connectivity index (χ4v) is 1.80. The molecule has 0 bridgehead atoms. The number of hydrogen-bond acceptors (Lipinski definition) is 3. The molecule has 7 heteroatoms. The van der Waals surface area contributed by atoms with Gasteiger partial charge in [0, 0.05) is 16.7 Å². The number of carbonyl (C=O) groups is 1. The van der Waals surface area contributed by atoms with Gasteiger partial charge in [-0.05, 0) is 18.2 Å². The summed E-state index contributed by atoms with van der Waals surface area (Å²) in [5, 5.41) is 8.75. The molecule has 98 valence electrons. The molecule has 0 spiro atoms. The molecule has 0 amide bonds. The van der Waals surface area contributed by atoms with E-state index in [1.54, 1.807) is 0 Å². The molecule has 2 aromatic rings. The van der Waals surface area contributed by atoms with Crippen LogP contribution in [0.4, 0.5) is 8.78 Å². The van der Waals surface area contributed by atoms with Crippen molar-refractivity contribution < 1.29 is 23.4 Å². The molecule has 0 aliphatic rings. The molecule has 0 radical (unpaired) electrons. The molecule has 1 aromatic heterocycles. The predicted molar refractivity (Wildman–Crippen MR) is 65.3 cm³/mol. The standard InChI is InChI=1S/C12H6BrF2NO3/c13-6-3-7(14)5-8(4-6)19-11-10(15)9(12(17)18)1-2-16-11/h1-5H,(H,17,18). The Hall–Kier alpha value is -2.02. The van der Waals surface area contributed by atoms with Gasteiger partial charge in [0.25, 0.3) is 5.88 Å². The normalized spacial score (nSPS) is 10.3. The molecule has 0 saturated carbocycles. The molecule has 0 fully saturated rings. The van der Waals surface area contributed by atoms with Crippen LogP contribution in [0.2, 0.25) is 0 Å². The monoisotopic (exact) mass is 329 g/mol. The van der Waals surface area contributed by atoms with E-state index in [9.17, 15) is 13.6 Å². The van der Waals surface area contributed by atoms with E-state index in [2.05, 4.69) is 20.9 Å². The summed E-state index contributed by atoms with van der Waals surface area (Å²) in [6.07, 6.45) is 1.09. The van der Waals surface area contributed by atoms with E-state index in [0.717, 1.165) is 18.3 Å². The largest absolute Gasteiger partial charge is 0.478 e. The minimum Gasteiger partial charge on any atom is -0.478 e. The molecular formula is C12H6BrF2NO3. The molecule has 0 unspecified atom stereocenters. The van der Waals surface area contributed by atoms with Crippen molar-refractivity contribution in [1.29, 1.82) is 0 Å². The second-order valence-electron chi connectivity index (χ2n) is 3.49. The van der Waals surface area contributed by atoms with Gasteiger partial charge in [-0.3, -0.25) is 0 Å². The lowest BCUT2D eigenvalue weighted by atomic mass is 10.2. The summed E-state index contributed by atoms with van der Waals surface area (Å²) in [4.78, 5) is 14.3. The Balaban J connectivity index is 2.38. The molecule has 4 nitrogen and oxygen atoms in total. The molecule has 0 aliphatic heterocycles. The number of hydrogen-bond donors (Lipinski definition) is 1. The minimum atomic E-state index is -1.44. The van der Waals surface area contributed by atoms with Crippen LogP contribution in [0.3, 0.4) is 0 Å². The lowest BCUT2D eigenvalue weighted by Gasteiger charge is -2.07. The smallest absolute Gasteiger partial charge is 0.338 e. The second kappa shape index (κ2) is 5.31. The molecule has 1 aromatic carbocycles. The quantitative estimate of drug-likeness (QED) is 0.934. The molecule has 1 N–H and O–H groups in total. The third-order valence-corrected chi connectivity index (χ3v) is 2.60. The van der Waals surface area contributed by atoms with Gasteiger partial charge in [0.05, 0.1) is 0 Å². The first-order valence-corrected chi connectivity index (χ1v) is 5.78. The van der Waals surface area contributed by atoms with Crippen LogP contribution in [-0.4, -0.2) is 16.1 Å². The van der Waals surface area contributed by atoms with Crippen molar-refractivity contribution >= 4 is 21.9 Å². The number of nitrogens with zero attached hydrogens (tertiary/aromatic N) is 1. The molecular weight excluding hydrogens is 324 g/mol. The summed E-state index contributed by atoms with van der Waals surface area (Å²) in [6.45, 7) is 0. The van der Waals surface area contributed by atoms with Crippen molar-refractivity contribution in [2.45, 2.75) is 0 Å². The average Bonchev–Trinajstić information content (AvgIpc) is 2.30. The van der Waals surface area contributed by atoms with Gasteiger partial charge in [-0.15, -0.1) is 0 Å². The van der Waals surface area contributed by atoms with E-state index >= 15 is 0 Å². The van der Waals surface area contributed by atoms with Crippen molar-refractivity contribution in [3.05, 3.63) is 52.1 Å². The maximum absolute atomic E-state index is 13.7. The van der Waals surface area contributed by atoms with Crippen molar-refractivity contribution in [3.63, 3.8) is 0 Å². The predicted octanol–water partition coefficient (Wildman–Crippen LogP) is 3.61. The van der Waals surface area contributed by atoms with E-state index < -0.39 is 29.0 Å². The highest BCUT2D eigenvalue weighted by atomic mass is 79.9. The zero-order chi connectivity index (χ0) is 14.0. The van der Waals surface area contributed by atoms with Crippen molar-refractivity contribution in [1.82, 2.24) is 4.98 Å². The Morgan fingerprint density at radius 2 is 2.05 bits per heavy atom. The number of aromatic carboxylic acids is 1. The van der Waals surface area contributed by atoms with Gasteiger partial charge in [-0.2, -0.15) is 0 Å². The van der Waals surface area contributed by atoms with Crippen molar-refractivity contribution in [3.8, 4) is 11.6 Å². The summed E-state index contributed by atoms with van der Waals surface area (Å²) in [6, 6.07) is 4.63. The Kier molecular flexibility index (Phi) is 3.75. The summed E-state index contributed by atoms with van der Waals surface area (Å²) in [5.74, 6) is -3.67. The highest BCUT2D eigenvalue weighted by molar-refractivity contribution is 9.10. The van der Waals surface area contributed by atoms with Crippen molar-refractivity contribution in [2.75, 3.05) is 0 Å². The molecule has 19 heavy (non-hydrogen) atoms. The number of rotatable bonds is 3. The number of carboxylic acid groups (broad SMARTS) is 1. The minimum absolute atomic E-state index is 0.000753. The maximum Gasteiger partial charge on any atom is 0.338 e. The number of aromatic nitrogens is 1. The Bertz CT molecular complexity index is 629. The summed E-state index contributed by atoms with van der Waals surface area (Å²) >= 11 is 3.05. The summed E-state index contributed by atoms with van der Waals surface area (Å²) in [7, 11) is 0. The molecule has 0 atom stereocenters. The number of halogens is 3. The number of benzene rings is 1. The highest BCUT2D eigenvalue weighted by Crippen LogP contribution is 2.27. The first-order chi connectivity index (χ1) is 8.97. The van der Waals surface area contributed by atoms with E-state index in [4.69, 9.17) is 9.84 Å². The Labute approximate surface area is 114 Å². The van der Waals surface area contributed by atoms with Crippen LogP contribution in [0.1, 0.15) is 10.4 Å². The zero-order valence-electron chi connectivity index (χ0n) is 9.23. The van der Waals surface area contributed by atoms with Gasteiger partial charge in [0.1, 0.15) is 17.1 Å². The first kappa shape index (κ1) is 13.4. The van der Waals surface area contributed by atoms with Crippen LogP contribution in [0.15, 0.2) is 34.9 Å². The van der Waals surface area contributed by atoms with Crippen LogP contribution in [0.25, 0.3) is 0 Å². The summed E-state index contributed by atoms with van der Waals surface area (Å²) < 4.78 is 32.3. The third-order valence-electron chi connectivity index (χ3n) is 2.14. The topological polar surface area (TPSA) is 59.4 Å². The first-order valence-electron chi connectivity index (χ1n) is 4.99. The number of ether oxygens (including phenoxy) is 1. The second-order valence-corrected chi connectivity index (χ2v) is 4.41. The molecule has 1 heterocycles. The van der Waals surface area contributed by atoms with Crippen LogP contribution in [-0.2, 0) is 0 Å². The van der Waals surface area contributed by atoms with Crippen LogP contribution >= 0.6 is 15.9 Å². The lowest BCUT2D eigenvalue weighted by molar-refractivity contribution is 0.0690. The van der Waals surface area contributed by atoms with Gasteiger partial charge in [-0.25, -0.2) is 18.6 Å². The van der Waals surface area contributed by atoms with E-state index in [0.29, 0.717) is 4.47 Å². The zero-order valence-corrected chi connectivity index (χ0v) is 10.8. The highest BCUT2D eigenvalue weighted by Gasteiger charge is 2.17. The van der Waals surface area contributed by atoms with E-state index in [1.807, 2.05) is 0 Å². The Morgan fingerprint density at radius 1 is 1.32 bits per heavy atom. The molecule has 0 saturated heterocycles. The Morgan fingerprint density at radius 3 is 2.68 bits per heavy atom. The summed E-state index contributed by atoms with van der Waals surface area (Å²) in [5.41, 5.74) is -0.569. The van der Waals surface area contributed by atoms with Crippen LogP contribution < -0.4 is 4.74 Å². The van der Waals surface area contributed by atoms with Crippen molar-refractivity contribution in [2.24, 2.45) is 0 Å². The van der Waals surface area contributed by atoms with Gasteiger partial charge in [0.15, 0.2) is 5.82 Å². The molecule has 0 aliphatic carbocycles. The average molecular weight is 330 g/mol.